The predicted octanol–water partition coefficient (Wildman–Crippen LogP) is 5.22. The minimum Gasteiger partial charge on any atom is -0.321 e. The molecule has 0 atom stereocenters. The molecule has 1 aromatic heterocycles. The Morgan fingerprint density at radius 1 is 1.07 bits per heavy atom. The second kappa shape index (κ2) is 8.44. The molecule has 3 aromatic rings. The third-order valence-electron chi connectivity index (χ3n) is 4.81. The molecule has 0 saturated heterocycles. The summed E-state index contributed by atoms with van der Waals surface area (Å²) < 4.78 is 1.80. The van der Waals surface area contributed by atoms with Crippen LogP contribution in [0.3, 0.4) is 0 Å². The van der Waals surface area contributed by atoms with Gasteiger partial charge in [-0.1, -0.05) is 55.3 Å². The standard InChI is InChI=1S/C22H23N3OS/c26-22(18-14-23-25(16-18)15-17-8-2-1-3-9-17)24-20-12-6-7-13-21(20)27-19-10-4-5-11-19/h1-3,6-9,12-14,16,19H,4-5,10-11,15H2,(H,24,26). The van der Waals surface area contributed by atoms with E-state index in [4.69, 9.17) is 0 Å². The van der Waals surface area contributed by atoms with E-state index >= 15 is 0 Å². The highest BCUT2D eigenvalue weighted by atomic mass is 32.2. The molecular formula is C22H23N3OS. The fourth-order valence-corrected chi connectivity index (χ4v) is 4.72. The zero-order chi connectivity index (χ0) is 18.5. The molecule has 0 spiro atoms. The first-order chi connectivity index (χ1) is 13.3. The number of hydrogen-bond donors (Lipinski definition) is 1. The van der Waals surface area contributed by atoms with Crippen LogP contribution in [0.4, 0.5) is 5.69 Å². The van der Waals surface area contributed by atoms with Gasteiger partial charge < -0.3 is 5.32 Å². The molecule has 27 heavy (non-hydrogen) atoms. The highest BCUT2D eigenvalue weighted by Gasteiger charge is 2.18. The summed E-state index contributed by atoms with van der Waals surface area (Å²) in [6.07, 6.45) is 8.58. The van der Waals surface area contributed by atoms with Gasteiger partial charge >= 0.3 is 0 Å². The zero-order valence-corrected chi connectivity index (χ0v) is 16.0. The van der Waals surface area contributed by atoms with E-state index in [9.17, 15) is 4.79 Å². The molecule has 2 aromatic carbocycles. The smallest absolute Gasteiger partial charge is 0.258 e. The Labute approximate surface area is 164 Å². The summed E-state index contributed by atoms with van der Waals surface area (Å²) in [7, 11) is 0. The maximum atomic E-state index is 12.7. The van der Waals surface area contributed by atoms with Crippen LogP contribution in [-0.4, -0.2) is 20.9 Å². The van der Waals surface area contributed by atoms with Crippen molar-refractivity contribution < 1.29 is 4.79 Å². The van der Waals surface area contributed by atoms with Crippen LogP contribution in [0, 0.1) is 0 Å². The number of anilines is 1. The van der Waals surface area contributed by atoms with Crippen LogP contribution in [0.2, 0.25) is 0 Å². The Kier molecular flexibility index (Phi) is 5.58. The summed E-state index contributed by atoms with van der Waals surface area (Å²) in [6, 6.07) is 18.2. The van der Waals surface area contributed by atoms with Crippen molar-refractivity contribution in [2.24, 2.45) is 0 Å². The number of thioether (sulfide) groups is 1. The lowest BCUT2D eigenvalue weighted by Gasteiger charge is -2.13. The lowest BCUT2D eigenvalue weighted by atomic mass is 10.2. The second-order valence-electron chi connectivity index (χ2n) is 6.89. The summed E-state index contributed by atoms with van der Waals surface area (Å²) >= 11 is 1.89. The Morgan fingerprint density at radius 3 is 2.63 bits per heavy atom. The maximum absolute atomic E-state index is 12.7. The maximum Gasteiger partial charge on any atom is 0.258 e. The Morgan fingerprint density at radius 2 is 1.81 bits per heavy atom. The molecule has 0 radical (unpaired) electrons. The molecule has 0 unspecified atom stereocenters. The highest BCUT2D eigenvalue weighted by molar-refractivity contribution is 8.00. The molecule has 1 aliphatic carbocycles. The summed E-state index contributed by atoms with van der Waals surface area (Å²) in [6.45, 7) is 0.655. The molecule has 0 aliphatic heterocycles. The molecule has 1 N–H and O–H groups in total. The zero-order valence-electron chi connectivity index (χ0n) is 15.2. The van der Waals surface area contributed by atoms with Crippen LogP contribution in [0.5, 0.6) is 0 Å². The molecule has 1 aliphatic rings. The number of nitrogens with one attached hydrogen (secondary N) is 1. The molecule has 4 nitrogen and oxygen atoms in total. The van der Waals surface area contributed by atoms with Crippen molar-refractivity contribution in [2.45, 2.75) is 42.4 Å². The fraction of sp³-hybridized carbons (Fsp3) is 0.273. The number of para-hydroxylation sites is 1. The number of carbonyl (C=O) groups excluding carboxylic acids is 1. The summed E-state index contributed by atoms with van der Waals surface area (Å²) in [4.78, 5) is 13.8. The van der Waals surface area contributed by atoms with Crippen molar-refractivity contribution in [1.82, 2.24) is 9.78 Å². The number of nitrogens with zero attached hydrogens (tertiary/aromatic N) is 2. The average Bonchev–Trinajstić information content (AvgIpc) is 3.36. The molecule has 138 valence electrons. The number of hydrogen-bond acceptors (Lipinski definition) is 3. The normalized spacial score (nSPS) is 14.4. The lowest BCUT2D eigenvalue weighted by molar-refractivity contribution is 0.102. The Hall–Kier alpha value is -2.53. The fourth-order valence-electron chi connectivity index (χ4n) is 3.39. The highest BCUT2D eigenvalue weighted by Crippen LogP contribution is 2.38. The quantitative estimate of drug-likeness (QED) is 0.641. The van der Waals surface area contributed by atoms with Gasteiger partial charge in [0.2, 0.25) is 0 Å². The predicted molar refractivity (Wildman–Crippen MR) is 110 cm³/mol. The third-order valence-corrected chi connectivity index (χ3v) is 6.23. The Bertz CT molecular complexity index is 901. The van der Waals surface area contributed by atoms with Crippen molar-refractivity contribution in [3.63, 3.8) is 0 Å². The van der Waals surface area contributed by atoms with Gasteiger partial charge in [-0.3, -0.25) is 9.48 Å². The molecular weight excluding hydrogens is 354 g/mol. The van der Waals surface area contributed by atoms with Gasteiger partial charge in [0.25, 0.3) is 5.91 Å². The molecule has 4 rings (SSSR count). The summed E-state index contributed by atoms with van der Waals surface area (Å²) in [5.41, 5.74) is 2.62. The molecule has 5 heteroatoms. The third kappa shape index (κ3) is 4.61. The van der Waals surface area contributed by atoms with Gasteiger partial charge in [0.05, 0.1) is 24.0 Å². The SMILES string of the molecule is O=C(Nc1ccccc1SC1CCCC1)c1cnn(Cc2ccccc2)c1. The van der Waals surface area contributed by atoms with Crippen molar-refractivity contribution >= 4 is 23.4 Å². The van der Waals surface area contributed by atoms with Gasteiger partial charge in [-0.2, -0.15) is 5.10 Å². The topological polar surface area (TPSA) is 46.9 Å². The first-order valence-corrected chi connectivity index (χ1v) is 10.3. The van der Waals surface area contributed by atoms with Gasteiger partial charge in [0.15, 0.2) is 0 Å². The van der Waals surface area contributed by atoms with Gasteiger partial charge in [0, 0.05) is 16.3 Å². The van der Waals surface area contributed by atoms with Crippen molar-refractivity contribution in [3.8, 4) is 0 Å². The number of rotatable bonds is 6. The molecule has 1 amide bonds. The van der Waals surface area contributed by atoms with E-state index in [2.05, 4.69) is 28.6 Å². The average molecular weight is 378 g/mol. The number of amides is 1. The van der Waals surface area contributed by atoms with Gasteiger partial charge in [-0.05, 0) is 30.5 Å². The van der Waals surface area contributed by atoms with Crippen molar-refractivity contribution in [1.29, 1.82) is 0 Å². The first-order valence-electron chi connectivity index (χ1n) is 9.41. The molecule has 0 bridgehead atoms. The molecule has 1 fully saturated rings. The number of aromatic nitrogens is 2. The van der Waals surface area contributed by atoms with Gasteiger partial charge in [-0.25, -0.2) is 0 Å². The van der Waals surface area contributed by atoms with Crippen molar-refractivity contribution in [2.75, 3.05) is 5.32 Å². The van der Waals surface area contributed by atoms with E-state index < -0.39 is 0 Å². The first kappa shape index (κ1) is 17.9. The van der Waals surface area contributed by atoms with E-state index in [-0.39, 0.29) is 5.91 Å². The van der Waals surface area contributed by atoms with E-state index in [0.29, 0.717) is 17.4 Å². The van der Waals surface area contributed by atoms with E-state index in [1.165, 1.54) is 25.7 Å². The van der Waals surface area contributed by atoms with Gasteiger partial charge in [-0.15, -0.1) is 11.8 Å². The van der Waals surface area contributed by atoms with E-state index in [0.717, 1.165) is 16.1 Å². The van der Waals surface area contributed by atoms with E-state index in [1.54, 1.807) is 17.1 Å². The minimum atomic E-state index is -0.117. The number of benzene rings is 2. The van der Waals surface area contributed by atoms with Crippen LogP contribution in [0.15, 0.2) is 71.9 Å². The van der Waals surface area contributed by atoms with Crippen molar-refractivity contribution in [3.05, 3.63) is 78.1 Å². The lowest BCUT2D eigenvalue weighted by Crippen LogP contribution is -2.12. The van der Waals surface area contributed by atoms with Crippen LogP contribution in [0.1, 0.15) is 41.6 Å². The van der Waals surface area contributed by atoms with Crippen LogP contribution >= 0.6 is 11.8 Å². The van der Waals surface area contributed by atoms with E-state index in [1.807, 2.05) is 48.2 Å². The minimum absolute atomic E-state index is 0.117. The van der Waals surface area contributed by atoms with Crippen LogP contribution in [0.25, 0.3) is 0 Å². The van der Waals surface area contributed by atoms with Gasteiger partial charge in [0.1, 0.15) is 0 Å². The number of carbonyl (C=O) groups is 1. The van der Waals surface area contributed by atoms with Crippen LogP contribution in [-0.2, 0) is 6.54 Å². The summed E-state index contributed by atoms with van der Waals surface area (Å²) in [5.74, 6) is -0.117. The largest absolute Gasteiger partial charge is 0.321 e. The second-order valence-corrected chi connectivity index (χ2v) is 8.23. The Balaban J connectivity index is 1.43. The molecule has 1 heterocycles. The summed E-state index contributed by atoms with van der Waals surface area (Å²) in [5, 5.41) is 8.06. The molecule has 1 saturated carbocycles. The monoisotopic (exact) mass is 377 g/mol. The van der Waals surface area contributed by atoms with Crippen LogP contribution < -0.4 is 5.32 Å².